The summed E-state index contributed by atoms with van der Waals surface area (Å²) in [6.45, 7) is 3.55. The Morgan fingerprint density at radius 1 is 1.46 bits per heavy atom. The Hall–Kier alpha value is -2.19. The zero-order chi connectivity index (χ0) is 17.9. The Kier molecular flexibility index (Phi) is 5.03. The molecular weight excluding hydrogens is 350 g/mol. The molecule has 7 nitrogen and oxygen atoms in total. The summed E-state index contributed by atoms with van der Waals surface area (Å²) in [6, 6.07) is 6.08. The maximum absolute atomic E-state index is 12.7. The molecule has 3 heterocycles. The quantitative estimate of drug-likeness (QED) is 0.508. The second kappa shape index (κ2) is 7.59. The Morgan fingerprint density at radius 3 is 3.19 bits per heavy atom. The summed E-state index contributed by atoms with van der Waals surface area (Å²) >= 11 is 1.37. The number of benzene rings is 1. The van der Waals surface area contributed by atoms with Crippen molar-refractivity contribution in [2.24, 2.45) is 0 Å². The van der Waals surface area contributed by atoms with Gasteiger partial charge in [0.2, 0.25) is 5.16 Å². The van der Waals surface area contributed by atoms with Crippen LogP contribution >= 0.6 is 11.8 Å². The number of ether oxygens (including phenoxy) is 1. The van der Waals surface area contributed by atoms with Crippen molar-refractivity contribution in [3.63, 3.8) is 0 Å². The van der Waals surface area contributed by atoms with Crippen LogP contribution in [-0.4, -0.2) is 49.4 Å². The van der Waals surface area contributed by atoms with E-state index in [1.807, 2.05) is 18.3 Å². The van der Waals surface area contributed by atoms with E-state index in [4.69, 9.17) is 4.74 Å². The number of nitrogens with zero attached hydrogens (tertiary/aromatic N) is 4. The molecule has 0 spiro atoms. The number of aryl methyl sites for hydroxylation is 1. The summed E-state index contributed by atoms with van der Waals surface area (Å²) in [5, 5.41) is 13.5. The first-order chi connectivity index (χ1) is 12.8. The average Bonchev–Trinajstić information content (AvgIpc) is 3.40. The molecule has 136 valence electrons. The number of tetrazole rings is 1. The van der Waals surface area contributed by atoms with Crippen molar-refractivity contribution in [3.05, 3.63) is 35.5 Å². The lowest BCUT2D eigenvalue weighted by atomic mass is 10.1. The first-order valence-electron chi connectivity index (χ1n) is 8.89. The molecule has 1 saturated heterocycles. The largest absolute Gasteiger partial charge is 0.376 e. The van der Waals surface area contributed by atoms with Gasteiger partial charge in [-0.3, -0.25) is 4.79 Å². The van der Waals surface area contributed by atoms with E-state index in [1.54, 1.807) is 4.68 Å². The smallest absolute Gasteiger partial charge is 0.209 e. The van der Waals surface area contributed by atoms with Gasteiger partial charge in [0.15, 0.2) is 5.78 Å². The lowest BCUT2D eigenvalue weighted by molar-refractivity contribution is 0.0912. The predicted octanol–water partition coefficient (Wildman–Crippen LogP) is 2.87. The zero-order valence-corrected chi connectivity index (χ0v) is 15.5. The minimum absolute atomic E-state index is 0.0705. The van der Waals surface area contributed by atoms with Crippen LogP contribution in [0.1, 0.15) is 35.7 Å². The van der Waals surface area contributed by atoms with Gasteiger partial charge >= 0.3 is 0 Å². The topological polar surface area (TPSA) is 85.7 Å². The van der Waals surface area contributed by atoms with E-state index < -0.39 is 0 Å². The van der Waals surface area contributed by atoms with Crippen molar-refractivity contribution in [3.8, 4) is 0 Å². The van der Waals surface area contributed by atoms with Gasteiger partial charge in [-0.05, 0) is 35.3 Å². The van der Waals surface area contributed by atoms with E-state index in [0.717, 1.165) is 42.3 Å². The molecule has 1 aliphatic heterocycles. The van der Waals surface area contributed by atoms with Crippen LogP contribution in [0, 0.1) is 0 Å². The molecule has 3 aromatic rings. The van der Waals surface area contributed by atoms with Crippen LogP contribution < -0.4 is 0 Å². The lowest BCUT2D eigenvalue weighted by Crippen LogP contribution is -2.17. The average molecular weight is 371 g/mol. The summed E-state index contributed by atoms with van der Waals surface area (Å²) in [5.41, 5.74) is 2.99. The van der Waals surface area contributed by atoms with E-state index >= 15 is 0 Å². The Balaban J connectivity index is 1.46. The van der Waals surface area contributed by atoms with Crippen LogP contribution in [0.2, 0.25) is 0 Å². The number of ketones is 1. The van der Waals surface area contributed by atoms with Gasteiger partial charge in [-0.1, -0.05) is 36.9 Å². The fourth-order valence-electron chi connectivity index (χ4n) is 3.35. The molecule has 0 saturated carbocycles. The standard InChI is InChI=1S/C18H21N5O2S/c1-2-12-5-3-7-14-15(9-19-17(12)14)16(24)11-26-18-20-21-22-23(18)10-13-6-4-8-25-13/h3,5,7,9,13,19H,2,4,6,8,10-11H2,1H3/t13-/m1/s1. The minimum atomic E-state index is 0.0705. The molecule has 1 aromatic carbocycles. The molecule has 4 rings (SSSR count). The second-order valence-electron chi connectivity index (χ2n) is 6.39. The van der Waals surface area contributed by atoms with E-state index in [0.29, 0.717) is 17.5 Å². The highest BCUT2D eigenvalue weighted by atomic mass is 32.2. The zero-order valence-electron chi connectivity index (χ0n) is 14.6. The maximum Gasteiger partial charge on any atom is 0.209 e. The number of Topliss-reactive ketones (excluding diaryl/α,β-unsaturated/α-hetero) is 1. The molecule has 1 atom stereocenters. The van der Waals surface area contributed by atoms with E-state index in [2.05, 4.69) is 33.5 Å². The normalized spacial score (nSPS) is 17.2. The van der Waals surface area contributed by atoms with Gasteiger partial charge in [0.25, 0.3) is 0 Å². The molecule has 0 unspecified atom stereocenters. The third kappa shape index (κ3) is 3.39. The van der Waals surface area contributed by atoms with Gasteiger partial charge in [-0.25, -0.2) is 4.68 Å². The monoisotopic (exact) mass is 371 g/mol. The molecule has 0 amide bonds. The summed E-state index contributed by atoms with van der Waals surface area (Å²) < 4.78 is 7.37. The van der Waals surface area contributed by atoms with Crippen molar-refractivity contribution >= 4 is 28.4 Å². The number of para-hydroxylation sites is 1. The molecule has 8 heteroatoms. The first-order valence-corrected chi connectivity index (χ1v) is 9.87. The van der Waals surface area contributed by atoms with Crippen LogP contribution in [0.5, 0.6) is 0 Å². The number of carbonyl (C=O) groups excluding carboxylic acids is 1. The Labute approximate surface area is 155 Å². The third-order valence-corrected chi connectivity index (χ3v) is 5.67. The summed E-state index contributed by atoms with van der Waals surface area (Å²) in [4.78, 5) is 16.0. The fourth-order valence-corrected chi connectivity index (χ4v) is 4.12. The van der Waals surface area contributed by atoms with Gasteiger partial charge in [-0.15, -0.1) is 5.10 Å². The number of H-pyrrole nitrogens is 1. The van der Waals surface area contributed by atoms with Crippen molar-refractivity contribution in [2.75, 3.05) is 12.4 Å². The molecule has 0 bridgehead atoms. The molecule has 1 N–H and O–H groups in total. The molecule has 0 radical (unpaired) electrons. The molecule has 2 aromatic heterocycles. The minimum Gasteiger partial charge on any atom is -0.376 e. The number of nitrogens with one attached hydrogen (secondary N) is 1. The van der Waals surface area contributed by atoms with E-state index in [9.17, 15) is 4.79 Å². The number of fused-ring (bicyclic) bond motifs is 1. The highest BCUT2D eigenvalue weighted by Crippen LogP contribution is 2.25. The van der Waals surface area contributed by atoms with Gasteiger partial charge in [0, 0.05) is 29.3 Å². The van der Waals surface area contributed by atoms with Crippen molar-refractivity contribution < 1.29 is 9.53 Å². The molecule has 0 aliphatic carbocycles. The number of aromatic nitrogens is 5. The number of aromatic amines is 1. The Bertz CT molecular complexity index is 913. The summed E-state index contributed by atoms with van der Waals surface area (Å²) in [7, 11) is 0. The molecule has 1 fully saturated rings. The van der Waals surface area contributed by atoms with Crippen LogP contribution in [0.25, 0.3) is 10.9 Å². The van der Waals surface area contributed by atoms with Crippen LogP contribution in [0.4, 0.5) is 0 Å². The van der Waals surface area contributed by atoms with Crippen LogP contribution in [-0.2, 0) is 17.7 Å². The molecule has 1 aliphatic rings. The van der Waals surface area contributed by atoms with Gasteiger partial charge in [0.1, 0.15) is 0 Å². The SMILES string of the molecule is CCc1cccc2c(C(=O)CSc3nnnn3C[C@H]3CCCO3)c[nH]c12. The van der Waals surface area contributed by atoms with Gasteiger partial charge < -0.3 is 9.72 Å². The number of carbonyl (C=O) groups is 1. The summed E-state index contributed by atoms with van der Waals surface area (Å²) in [6.07, 6.45) is 5.00. The number of thioether (sulfide) groups is 1. The Morgan fingerprint density at radius 2 is 2.38 bits per heavy atom. The maximum atomic E-state index is 12.7. The number of hydrogen-bond acceptors (Lipinski definition) is 6. The highest BCUT2D eigenvalue weighted by molar-refractivity contribution is 7.99. The number of rotatable bonds is 7. The second-order valence-corrected chi connectivity index (χ2v) is 7.33. The lowest BCUT2D eigenvalue weighted by Gasteiger charge is -2.09. The van der Waals surface area contributed by atoms with Crippen molar-refractivity contribution in [1.29, 1.82) is 0 Å². The van der Waals surface area contributed by atoms with Crippen LogP contribution in [0.3, 0.4) is 0 Å². The third-order valence-electron chi connectivity index (χ3n) is 4.72. The van der Waals surface area contributed by atoms with Crippen LogP contribution in [0.15, 0.2) is 29.6 Å². The van der Waals surface area contributed by atoms with Gasteiger partial charge in [-0.2, -0.15) is 0 Å². The first kappa shape index (κ1) is 17.2. The van der Waals surface area contributed by atoms with Crippen molar-refractivity contribution in [2.45, 2.75) is 44.0 Å². The van der Waals surface area contributed by atoms with Gasteiger partial charge in [0.05, 0.1) is 18.4 Å². The summed E-state index contributed by atoms with van der Waals surface area (Å²) in [5.74, 6) is 0.371. The highest BCUT2D eigenvalue weighted by Gasteiger charge is 2.20. The van der Waals surface area contributed by atoms with E-state index in [-0.39, 0.29) is 11.9 Å². The predicted molar refractivity (Wildman–Crippen MR) is 99.5 cm³/mol. The molecule has 26 heavy (non-hydrogen) atoms. The number of hydrogen-bond donors (Lipinski definition) is 1. The van der Waals surface area contributed by atoms with E-state index in [1.165, 1.54) is 17.3 Å². The molecular formula is C18H21N5O2S. The van der Waals surface area contributed by atoms with Crippen molar-refractivity contribution in [1.82, 2.24) is 25.2 Å². The fraction of sp³-hybridized carbons (Fsp3) is 0.444.